The molecule has 2 saturated heterocycles. The molecule has 3 heteroatoms. The Balaban J connectivity index is 1.69. The lowest BCUT2D eigenvalue weighted by Gasteiger charge is -2.38. The van der Waals surface area contributed by atoms with Crippen LogP contribution in [-0.2, 0) is 6.54 Å². The van der Waals surface area contributed by atoms with E-state index in [4.69, 9.17) is 0 Å². The van der Waals surface area contributed by atoms with Crippen molar-refractivity contribution in [1.82, 2.24) is 15.2 Å². The quantitative estimate of drug-likeness (QED) is 0.859. The summed E-state index contributed by atoms with van der Waals surface area (Å²) in [5.74, 6) is 0. The van der Waals surface area contributed by atoms with Crippen LogP contribution in [0.5, 0.6) is 0 Å². The maximum absolute atomic E-state index is 4.09. The third-order valence-corrected chi connectivity index (χ3v) is 4.41. The summed E-state index contributed by atoms with van der Waals surface area (Å²) in [5, 5.41) is 3.45. The molecule has 0 saturated carbocycles. The normalized spacial score (nSPS) is 32.9. The van der Waals surface area contributed by atoms with E-state index < -0.39 is 0 Å². The van der Waals surface area contributed by atoms with Crippen LogP contribution in [0.3, 0.4) is 0 Å². The average Bonchev–Trinajstić information content (AvgIpc) is 2.63. The Bertz CT molecular complexity index is 351. The van der Waals surface area contributed by atoms with E-state index in [1.54, 1.807) is 0 Å². The molecular weight excluding hydrogens is 210 g/mol. The van der Waals surface area contributed by atoms with Crippen LogP contribution in [0.1, 0.15) is 31.2 Å². The molecule has 0 radical (unpaired) electrons. The molecule has 1 aromatic rings. The van der Waals surface area contributed by atoms with E-state index in [2.05, 4.69) is 34.4 Å². The zero-order valence-electron chi connectivity index (χ0n) is 10.5. The Morgan fingerprint density at radius 2 is 1.88 bits per heavy atom. The van der Waals surface area contributed by atoms with Crippen molar-refractivity contribution in [1.29, 1.82) is 0 Å². The van der Waals surface area contributed by atoms with Crippen molar-refractivity contribution in [2.45, 2.75) is 50.4 Å². The highest BCUT2D eigenvalue weighted by molar-refractivity contribution is 5.11. The summed E-state index contributed by atoms with van der Waals surface area (Å²) in [6.45, 7) is 1.11. The summed E-state index contributed by atoms with van der Waals surface area (Å²) in [4.78, 5) is 6.80. The first-order valence-electron chi connectivity index (χ1n) is 6.68. The molecule has 0 amide bonds. The molecule has 3 heterocycles. The van der Waals surface area contributed by atoms with E-state index >= 15 is 0 Å². The predicted octanol–water partition coefficient (Wildman–Crippen LogP) is 1.80. The number of hydrogen-bond donors (Lipinski definition) is 1. The lowest BCUT2D eigenvalue weighted by atomic mass is 9.97. The number of piperidine rings is 1. The van der Waals surface area contributed by atoms with Gasteiger partial charge < -0.3 is 5.32 Å². The van der Waals surface area contributed by atoms with Crippen LogP contribution in [0.15, 0.2) is 24.5 Å². The van der Waals surface area contributed by atoms with Gasteiger partial charge in [-0.2, -0.15) is 0 Å². The summed E-state index contributed by atoms with van der Waals surface area (Å²) in [6.07, 6.45) is 9.20. The second-order valence-electron chi connectivity index (χ2n) is 5.37. The van der Waals surface area contributed by atoms with Gasteiger partial charge in [-0.25, -0.2) is 0 Å². The molecule has 2 aliphatic heterocycles. The van der Waals surface area contributed by atoms with Crippen LogP contribution < -0.4 is 5.32 Å². The molecular formula is C14H21N3. The van der Waals surface area contributed by atoms with Gasteiger partial charge in [0.2, 0.25) is 0 Å². The molecule has 3 rings (SSSR count). The zero-order chi connectivity index (χ0) is 11.7. The minimum Gasteiger partial charge on any atom is -0.317 e. The first kappa shape index (κ1) is 11.2. The second-order valence-corrected chi connectivity index (χ2v) is 5.37. The van der Waals surface area contributed by atoms with Gasteiger partial charge in [0.15, 0.2) is 0 Å². The van der Waals surface area contributed by atoms with Gasteiger partial charge in [0, 0.05) is 37.1 Å². The molecule has 2 unspecified atom stereocenters. The number of rotatable bonds is 3. The number of nitrogens with one attached hydrogen (secondary N) is 1. The maximum Gasteiger partial charge on any atom is 0.0271 e. The van der Waals surface area contributed by atoms with Gasteiger partial charge in [-0.3, -0.25) is 9.88 Å². The molecule has 0 aliphatic carbocycles. The molecule has 0 aromatic carbocycles. The lowest BCUT2D eigenvalue weighted by molar-refractivity contribution is 0.111. The molecule has 1 aromatic heterocycles. The number of nitrogens with zero attached hydrogens (tertiary/aromatic N) is 2. The average molecular weight is 231 g/mol. The molecule has 0 spiro atoms. The fraction of sp³-hybridized carbons (Fsp3) is 0.643. The molecule has 2 bridgehead atoms. The van der Waals surface area contributed by atoms with Crippen LogP contribution in [0.25, 0.3) is 0 Å². The van der Waals surface area contributed by atoms with Gasteiger partial charge in [-0.15, -0.1) is 0 Å². The van der Waals surface area contributed by atoms with E-state index in [9.17, 15) is 0 Å². The Kier molecular flexibility index (Phi) is 3.12. The second kappa shape index (κ2) is 4.75. The standard InChI is InChI=1S/C14H21N3/c1-15-12-8-13-2-3-14(9-12)17(13)10-11-4-6-16-7-5-11/h4-7,12-15H,2-3,8-10H2,1H3. The van der Waals surface area contributed by atoms with Crippen molar-refractivity contribution >= 4 is 0 Å². The third-order valence-electron chi connectivity index (χ3n) is 4.41. The summed E-state index contributed by atoms with van der Waals surface area (Å²) in [6, 6.07) is 6.60. The maximum atomic E-state index is 4.09. The van der Waals surface area contributed by atoms with E-state index in [1.807, 2.05) is 12.4 Å². The van der Waals surface area contributed by atoms with Crippen LogP contribution in [0, 0.1) is 0 Å². The Morgan fingerprint density at radius 1 is 1.24 bits per heavy atom. The van der Waals surface area contributed by atoms with Gasteiger partial charge >= 0.3 is 0 Å². The topological polar surface area (TPSA) is 28.2 Å². The number of fused-ring (bicyclic) bond motifs is 2. The number of pyridine rings is 1. The summed E-state index contributed by atoms with van der Waals surface area (Å²) >= 11 is 0. The molecule has 2 aliphatic rings. The van der Waals surface area contributed by atoms with Crippen LogP contribution >= 0.6 is 0 Å². The van der Waals surface area contributed by atoms with Crippen LogP contribution in [-0.4, -0.2) is 35.1 Å². The van der Waals surface area contributed by atoms with Gasteiger partial charge in [-0.05, 0) is 50.4 Å². The lowest BCUT2D eigenvalue weighted by Crippen LogP contribution is -2.47. The fourth-order valence-electron chi connectivity index (χ4n) is 3.47. The Morgan fingerprint density at radius 3 is 2.47 bits per heavy atom. The molecule has 3 nitrogen and oxygen atoms in total. The molecule has 1 N–H and O–H groups in total. The van der Waals surface area contributed by atoms with Gasteiger partial charge in [0.25, 0.3) is 0 Å². The first-order chi connectivity index (χ1) is 8.36. The van der Waals surface area contributed by atoms with Crippen molar-refractivity contribution < 1.29 is 0 Å². The van der Waals surface area contributed by atoms with Crippen molar-refractivity contribution in [2.24, 2.45) is 0 Å². The smallest absolute Gasteiger partial charge is 0.0271 e. The highest BCUT2D eigenvalue weighted by atomic mass is 15.2. The summed E-state index contributed by atoms with van der Waals surface area (Å²) in [5.41, 5.74) is 1.40. The van der Waals surface area contributed by atoms with E-state index in [0.717, 1.165) is 24.7 Å². The molecule has 17 heavy (non-hydrogen) atoms. The first-order valence-corrected chi connectivity index (χ1v) is 6.68. The Hall–Kier alpha value is -0.930. The SMILES string of the molecule is CNC1CC2CCC(C1)N2Cc1ccncc1. The van der Waals surface area contributed by atoms with Gasteiger partial charge in [0.05, 0.1) is 0 Å². The summed E-state index contributed by atoms with van der Waals surface area (Å²) in [7, 11) is 2.10. The van der Waals surface area contributed by atoms with Gasteiger partial charge in [0.1, 0.15) is 0 Å². The van der Waals surface area contributed by atoms with Crippen LogP contribution in [0.2, 0.25) is 0 Å². The zero-order valence-corrected chi connectivity index (χ0v) is 10.5. The monoisotopic (exact) mass is 231 g/mol. The van der Waals surface area contributed by atoms with E-state index in [-0.39, 0.29) is 0 Å². The molecule has 2 fully saturated rings. The van der Waals surface area contributed by atoms with Crippen LogP contribution in [0.4, 0.5) is 0 Å². The largest absolute Gasteiger partial charge is 0.317 e. The highest BCUT2D eigenvalue weighted by Gasteiger charge is 2.39. The molecule has 92 valence electrons. The van der Waals surface area contributed by atoms with Crippen molar-refractivity contribution in [2.75, 3.05) is 7.05 Å². The minimum absolute atomic E-state index is 0.737. The van der Waals surface area contributed by atoms with E-state index in [0.29, 0.717) is 0 Å². The molecule has 2 atom stereocenters. The van der Waals surface area contributed by atoms with Crippen molar-refractivity contribution in [3.63, 3.8) is 0 Å². The van der Waals surface area contributed by atoms with Crippen molar-refractivity contribution in [3.8, 4) is 0 Å². The fourth-order valence-corrected chi connectivity index (χ4v) is 3.47. The summed E-state index contributed by atoms with van der Waals surface area (Å²) < 4.78 is 0. The van der Waals surface area contributed by atoms with Gasteiger partial charge in [-0.1, -0.05) is 0 Å². The van der Waals surface area contributed by atoms with E-state index in [1.165, 1.54) is 31.2 Å². The minimum atomic E-state index is 0.737. The number of aromatic nitrogens is 1. The number of hydrogen-bond acceptors (Lipinski definition) is 3. The van der Waals surface area contributed by atoms with Crippen molar-refractivity contribution in [3.05, 3.63) is 30.1 Å². The predicted molar refractivity (Wildman–Crippen MR) is 68.7 cm³/mol. The third kappa shape index (κ3) is 2.22. The highest BCUT2D eigenvalue weighted by Crippen LogP contribution is 2.36. The Labute approximate surface area is 103 Å².